The van der Waals surface area contributed by atoms with Gasteiger partial charge in [-0.1, -0.05) is 13.8 Å². The molecular weight excluding hydrogens is 330 g/mol. The van der Waals surface area contributed by atoms with Crippen molar-refractivity contribution in [2.45, 2.75) is 58.0 Å². The van der Waals surface area contributed by atoms with Crippen LogP contribution in [0.3, 0.4) is 0 Å². The zero-order valence-electron chi connectivity index (χ0n) is 15.3. The van der Waals surface area contributed by atoms with Gasteiger partial charge < -0.3 is 10.4 Å². The lowest BCUT2D eigenvalue weighted by molar-refractivity contribution is -0.120. The van der Waals surface area contributed by atoms with Crippen LogP contribution in [-0.4, -0.2) is 29.2 Å². The smallest absolute Gasteiger partial charge is 0.335 e. The molecule has 1 aliphatic heterocycles. The Morgan fingerprint density at radius 3 is 2.27 bits per heavy atom. The number of nitrogens with one attached hydrogen (secondary N) is 1. The molecule has 0 atom stereocenters. The fourth-order valence-electron chi connectivity index (χ4n) is 3.07. The van der Waals surface area contributed by atoms with Crippen molar-refractivity contribution >= 4 is 11.9 Å². The molecule has 0 aliphatic carbocycles. The molecule has 0 saturated heterocycles. The average Bonchev–Trinajstić information content (AvgIpc) is 3.39. The molecule has 138 valence electrons. The van der Waals surface area contributed by atoms with Crippen LogP contribution in [0.4, 0.5) is 0 Å². The van der Waals surface area contributed by atoms with Crippen LogP contribution in [0.2, 0.25) is 0 Å². The predicted octanol–water partition coefficient (Wildman–Crippen LogP) is 3.13. The number of hydrogen-bond donors (Lipinski definition) is 2. The van der Waals surface area contributed by atoms with Crippen LogP contribution in [0, 0.1) is 12.3 Å². The van der Waals surface area contributed by atoms with E-state index in [1.54, 1.807) is 12.1 Å². The number of carbonyl (C=O) groups is 2. The van der Waals surface area contributed by atoms with Gasteiger partial charge in [-0.05, 0) is 41.7 Å². The molecule has 0 radical (unpaired) electrons. The van der Waals surface area contributed by atoms with E-state index in [0.717, 1.165) is 23.1 Å². The molecule has 0 saturated carbocycles. The van der Waals surface area contributed by atoms with E-state index in [-0.39, 0.29) is 17.9 Å². The number of aryl methyl sites for hydroxylation is 2. The second-order valence-electron chi connectivity index (χ2n) is 6.45. The first-order valence-corrected chi connectivity index (χ1v) is 8.97. The second kappa shape index (κ2) is 8.61. The molecule has 1 amide bonds. The summed E-state index contributed by atoms with van der Waals surface area (Å²) in [5.41, 5.74) is 2.63. The highest BCUT2D eigenvalue weighted by Gasteiger charge is 2.38. The van der Waals surface area contributed by atoms with Gasteiger partial charge in [-0.15, -0.1) is 12.3 Å². The van der Waals surface area contributed by atoms with Crippen LogP contribution in [-0.2, 0) is 24.1 Å². The van der Waals surface area contributed by atoms with Gasteiger partial charge in [-0.2, -0.15) is 10.2 Å². The Labute approximate surface area is 154 Å². The van der Waals surface area contributed by atoms with Crippen LogP contribution in [0.1, 0.15) is 60.2 Å². The van der Waals surface area contributed by atoms with Gasteiger partial charge in [-0.25, -0.2) is 4.79 Å². The molecule has 26 heavy (non-hydrogen) atoms. The third kappa shape index (κ3) is 4.92. The third-order valence-electron chi connectivity index (χ3n) is 4.68. The molecule has 1 heterocycles. The normalized spacial score (nSPS) is 13.9. The number of carboxylic acid groups (broad SMARTS) is 1. The van der Waals surface area contributed by atoms with Gasteiger partial charge >= 0.3 is 5.97 Å². The maximum Gasteiger partial charge on any atom is 0.335 e. The van der Waals surface area contributed by atoms with Crippen LogP contribution >= 0.6 is 0 Å². The summed E-state index contributed by atoms with van der Waals surface area (Å²) >= 11 is 0. The molecule has 0 fully saturated rings. The van der Waals surface area contributed by atoms with Gasteiger partial charge in [0.25, 0.3) is 0 Å². The zero-order valence-corrected chi connectivity index (χ0v) is 15.3. The molecule has 0 spiro atoms. The quantitative estimate of drug-likeness (QED) is 0.632. The Kier molecular flexibility index (Phi) is 6.51. The fourth-order valence-corrected chi connectivity index (χ4v) is 3.07. The third-order valence-corrected chi connectivity index (χ3v) is 4.68. The number of aromatic carboxylic acids is 1. The summed E-state index contributed by atoms with van der Waals surface area (Å²) in [7, 11) is 0. The number of nitrogens with zero attached hydrogens (tertiary/aromatic N) is 2. The second-order valence-corrected chi connectivity index (χ2v) is 6.45. The van der Waals surface area contributed by atoms with E-state index in [0.29, 0.717) is 32.2 Å². The molecule has 6 heteroatoms. The lowest BCUT2D eigenvalue weighted by atomic mass is 9.92. The zero-order chi connectivity index (χ0) is 19.2. The Morgan fingerprint density at radius 2 is 1.81 bits per heavy atom. The van der Waals surface area contributed by atoms with E-state index >= 15 is 0 Å². The van der Waals surface area contributed by atoms with Crippen molar-refractivity contribution in [3.8, 4) is 12.3 Å². The number of hydrogen-bond acceptors (Lipinski definition) is 4. The number of carboxylic acids is 1. The maximum absolute atomic E-state index is 12.4. The molecule has 1 aromatic carbocycles. The maximum atomic E-state index is 12.4. The van der Waals surface area contributed by atoms with Crippen molar-refractivity contribution in [3.05, 3.63) is 34.4 Å². The largest absolute Gasteiger partial charge is 0.478 e. The predicted molar refractivity (Wildman–Crippen MR) is 99.1 cm³/mol. The summed E-state index contributed by atoms with van der Waals surface area (Å²) in [6, 6.07) is 3.34. The Morgan fingerprint density at radius 1 is 1.19 bits per heavy atom. The summed E-state index contributed by atoms with van der Waals surface area (Å²) < 4.78 is 0. The Balaban J connectivity index is 1.98. The van der Waals surface area contributed by atoms with Crippen LogP contribution in [0.5, 0.6) is 0 Å². The molecule has 1 aliphatic rings. The standard InChI is InChI=1S/C20H25N3O3/c1-4-7-8-20(22-23-20)9-10-21-18(24)13-17-14(5-2)11-16(19(25)26)12-15(17)6-3/h1,11-12H,5-10,13H2,2-3H3,(H,21,24)(H,25,26). The number of rotatable bonds is 10. The average molecular weight is 355 g/mol. The summed E-state index contributed by atoms with van der Waals surface area (Å²) in [5.74, 6) is 1.56. The number of terminal acetylenes is 1. The van der Waals surface area contributed by atoms with E-state index in [4.69, 9.17) is 6.42 Å². The molecular formula is C20H25N3O3. The van der Waals surface area contributed by atoms with E-state index in [1.165, 1.54) is 0 Å². The molecule has 2 N–H and O–H groups in total. The van der Waals surface area contributed by atoms with Crippen LogP contribution in [0.25, 0.3) is 0 Å². The summed E-state index contributed by atoms with van der Waals surface area (Å²) in [5, 5.41) is 20.3. The minimum absolute atomic E-state index is 0.0785. The van der Waals surface area contributed by atoms with Gasteiger partial charge in [-0.3, -0.25) is 4.79 Å². The highest BCUT2D eigenvalue weighted by molar-refractivity contribution is 5.89. The SMILES string of the molecule is C#CCCC1(CCNC(=O)Cc2c(CC)cc(C(=O)O)cc2CC)N=N1. The Bertz CT molecular complexity index is 731. The summed E-state index contributed by atoms with van der Waals surface area (Å²) in [4.78, 5) is 23.6. The van der Waals surface area contributed by atoms with Crippen molar-refractivity contribution in [1.82, 2.24) is 5.32 Å². The van der Waals surface area contributed by atoms with Crippen molar-refractivity contribution in [2.24, 2.45) is 10.2 Å². The van der Waals surface area contributed by atoms with Gasteiger partial charge in [0.15, 0.2) is 5.66 Å². The van der Waals surface area contributed by atoms with Crippen LogP contribution in [0.15, 0.2) is 22.4 Å². The first-order valence-electron chi connectivity index (χ1n) is 8.97. The van der Waals surface area contributed by atoms with Gasteiger partial charge in [0.05, 0.1) is 12.0 Å². The van der Waals surface area contributed by atoms with Crippen molar-refractivity contribution in [1.29, 1.82) is 0 Å². The molecule has 6 nitrogen and oxygen atoms in total. The monoisotopic (exact) mass is 355 g/mol. The first kappa shape index (κ1) is 19.6. The molecule has 0 aromatic heterocycles. The number of amides is 1. The molecule has 0 unspecified atom stereocenters. The minimum atomic E-state index is -0.945. The van der Waals surface area contributed by atoms with E-state index in [2.05, 4.69) is 21.5 Å². The molecule has 0 bridgehead atoms. The highest BCUT2D eigenvalue weighted by Crippen LogP contribution is 2.36. The minimum Gasteiger partial charge on any atom is -0.478 e. The van der Waals surface area contributed by atoms with E-state index in [9.17, 15) is 14.7 Å². The van der Waals surface area contributed by atoms with Gasteiger partial charge in [0, 0.05) is 25.8 Å². The van der Waals surface area contributed by atoms with Crippen molar-refractivity contribution in [3.63, 3.8) is 0 Å². The number of benzene rings is 1. The van der Waals surface area contributed by atoms with E-state index < -0.39 is 11.6 Å². The molecule has 2 rings (SSSR count). The lowest BCUT2D eigenvalue weighted by Crippen LogP contribution is -2.30. The Hall–Kier alpha value is -2.68. The topological polar surface area (TPSA) is 91.1 Å². The van der Waals surface area contributed by atoms with Crippen molar-refractivity contribution < 1.29 is 14.7 Å². The van der Waals surface area contributed by atoms with Crippen molar-refractivity contribution in [2.75, 3.05) is 6.54 Å². The first-order chi connectivity index (χ1) is 12.4. The molecule has 1 aromatic rings. The highest BCUT2D eigenvalue weighted by atomic mass is 16.4. The van der Waals surface area contributed by atoms with Gasteiger partial charge in [0.1, 0.15) is 0 Å². The number of carbonyl (C=O) groups excluding carboxylic acids is 1. The lowest BCUT2D eigenvalue weighted by Gasteiger charge is -2.15. The van der Waals surface area contributed by atoms with Gasteiger partial charge in [0.2, 0.25) is 5.91 Å². The van der Waals surface area contributed by atoms with Crippen LogP contribution < -0.4 is 5.32 Å². The summed E-state index contributed by atoms with van der Waals surface area (Å²) in [6.45, 7) is 4.42. The van der Waals surface area contributed by atoms with E-state index in [1.807, 2.05) is 13.8 Å². The fraction of sp³-hybridized carbons (Fsp3) is 0.500. The summed E-state index contributed by atoms with van der Waals surface area (Å²) in [6.07, 6.45) is 8.88.